The van der Waals surface area contributed by atoms with E-state index in [4.69, 9.17) is 5.11 Å². The first kappa shape index (κ1) is 15.0. The molecule has 0 saturated heterocycles. The average Bonchev–Trinajstić information content (AvgIpc) is 3.25. The lowest BCUT2D eigenvalue weighted by atomic mass is 10.2. The van der Waals surface area contributed by atoms with E-state index in [0.29, 0.717) is 19.6 Å². The average molecular weight is 276 g/mol. The van der Waals surface area contributed by atoms with Gasteiger partial charge in [0.05, 0.1) is 13.2 Å². The molecular weight excluding hydrogens is 252 g/mol. The summed E-state index contributed by atoms with van der Waals surface area (Å²) in [6, 6.07) is 9.76. The summed E-state index contributed by atoms with van der Waals surface area (Å²) >= 11 is 0. The van der Waals surface area contributed by atoms with Crippen molar-refractivity contribution in [1.82, 2.24) is 4.90 Å². The SMILES string of the molecule is CCN(C(=O)CN(CCO)CC1CC1)c1ccccc1. The number of benzene rings is 1. The van der Waals surface area contributed by atoms with Crippen molar-refractivity contribution in [2.45, 2.75) is 19.8 Å². The lowest BCUT2D eigenvalue weighted by Gasteiger charge is -2.26. The van der Waals surface area contributed by atoms with Crippen LogP contribution in [0, 0.1) is 5.92 Å². The molecule has 1 N–H and O–H groups in total. The predicted molar refractivity (Wildman–Crippen MR) is 80.7 cm³/mol. The van der Waals surface area contributed by atoms with Gasteiger partial charge in [-0.25, -0.2) is 0 Å². The second-order valence-corrected chi connectivity index (χ2v) is 5.38. The minimum absolute atomic E-state index is 0.104. The molecular formula is C16H24N2O2. The molecule has 1 aliphatic carbocycles. The van der Waals surface area contributed by atoms with Crippen molar-refractivity contribution in [2.24, 2.45) is 5.92 Å². The second kappa shape index (κ2) is 7.41. The summed E-state index contributed by atoms with van der Waals surface area (Å²) in [6.45, 7) is 4.66. The Morgan fingerprint density at radius 3 is 2.55 bits per heavy atom. The van der Waals surface area contributed by atoms with Gasteiger partial charge in [0, 0.05) is 25.3 Å². The summed E-state index contributed by atoms with van der Waals surface area (Å²) in [6.07, 6.45) is 2.51. The summed E-state index contributed by atoms with van der Waals surface area (Å²) in [5, 5.41) is 9.13. The number of carbonyl (C=O) groups excluding carboxylic acids is 1. The van der Waals surface area contributed by atoms with Crippen LogP contribution in [0.25, 0.3) is 0 Å². The Labute approximate surface area is 121 Å². The number of rotatable bonds is 8. The highest BCUT2D eigenvalue weighted by molar-refractivity contribution is 5.94. The number of hydrogen-bond acceptors (Lipinski definition) is 3. The zero-order valence-electron chi connectivity index (χ0n) is 12.2. The number of aliphatic hydroxyl groups excluding tert-OH is 1. The van der Waals surface area contributed by atoms with Gasteiger partial charge in [-0.3, -0.25) is 9.69 Å². The van der Waals surface area contributed by atoms with E-state index in [9.17, 15) is 4.79 Å². The number of carbonyl (C=O) groups is 1. The monoisotopic (exact) mass is 276 g/mol. The third-order valence-corrected chi connectivity index (χ3v) is 3.67. The third kappa shape index (κ3) is 4.32. The lowest BCUT2D eigenvalue weighted by molar-refractivity contribution is -0.119. The molecule has 0 aromatic heterocycles. The van der Waals surface area contributed by atoms with Crippen LogP contribution in [0.15, 0.2) is 30.3 Å². The Balaban J connectivity index is 1.96. The van der Waals surface area contributed by atoms with Crippen LogP contribution in [0.4, 0.5) is 5.69 Å². The quantitative estimate of drug-likeness (QED) is 0.786. The van der Waals surface area contributed by atoms with Gasteiger partial charge in [-0.05, 0) is 37.8 Å². The summed E-state index contributed by atoms with van der Waals surface area (Å²) in [5.41, 5.74) is 0.940. The van der Waals surface area contributed by atoms with Crippen molar-refractivity contribution >= 4 is 11.6 Å². The lowest BCUT2D eigenvalue weighted by Crippen LogP contribution is -2.42. The minimum atomic E-state index is 0.104. The maximum Gasteiger partial charge on any atom is 0.241 e. The molecule has 1 aliphatic rings. The number of hydrogen-bond donors (Lipinski definition) is 1. The van der Waals surface area contributed by atoms with Crippen LogP contribution in [-0.2, 0) is 4.79 Å². The zero-order valence-corrected chi connectivity index (χ0v) is 12.2. The Bertz CT molecular complexity index is 418. The van der Waals surface area contributed by atoms with Gasteiger partial charge in [0.2, 0.25) is 5.91 Å². The Morgan fingerprint density at radius 2 is 2.00 bits per heavy atom. The largest absolute Gasteiger partial charge is 0.395 e. The molecule has 0 heterocycles. The van der Waals surface area contributed by atoms with Gasteiger partial charge in [-0.15, -0.1) is 0 Å². The van der Waals surface area contributed by atoms with E-state index < -0.39 is 0 Å². The molecule has 4 heteroatoms. The van der Waals surface area contributed by atoms with Gasteiger partial charge in [0.25, 0.3) is 0 Å². The number of para-hydroxylation sites is 1. The van der Waals surface area contributed by atoms with E-state index in [1.54, 1.807) is 4.90 Å². The highest BCUT2D eigenvalue weighted by Crippen LogP contribution is 2.29. The van der Waals surface area contributed by atoms with E-state index in [2.05, 4.69) is 4.90 Å². The van der Waals surface area contributed by atoms with Crippen LogP contribution in [0.1, 0.15) is 19.8 Å². The molecule has 20 heavy (non-hydrogen) atoms. The highest BCUT2D eigenvalue weighted by atomic mass is 16.3. The maximum atomic E-state index is 12.5. The molecule has 0 spiro atoms. The van der Waals surface area contributed by atoms with Crippen LogP contribution in [0.3, 0.4) is 0 Å². The molecule has 0 aliphatic heterocycles. The van der Waals surface area contributed by atoms with E-state index in [0.717, 1.165) is 18.2 Å². The van der Waals surface area contributed by atoms with Gasteiger partial charge in [-0.1, -0.05) is 18.2 Å². The molecule has 2 rings (SSSR count). The van der Waals surface area contributed by atoms with Gasteiger partial charge in [-0.2, -0.15) is 0 Å². The van der Waals surface area contributed by atoms with Gasteiger partial charge < -0.3 is 10.0 Å². The Kier molecular flexibility index (Phi) is 5.56. The topological polar surface area (TPSA) is 43.8 Å². The number of nitrogens with zero attached hydrogens (tertiary/aromatic N) is 2. The molecule has 1 saturated carbocycles. The normalized spacial score (nSPS) is 14.6. The first-order chi connectivity index (χ1) is 9.74. The van der Waals surface area contributed by atoms with E-state index >= 15 is 0 Å². The first-order valence-corrected chi connectivity index (χ1v) is 7.43. The van der Waals surface area contributed by atoms with Crippen molar-refractivity contribution in [3.8, 4) is 0 Å². The van der Waals surface area contributed by atoms with E-state index in [-0.39, 0.29) is 12.5 Å². The molecule has 0 radical (unpaired) electrons. The van der Waals surface area contributed by atoms with Gasteiger partial charge in [0.1, 0.15) is 0 Å². The maximum absolute atomic E-state index is 12.5. The molecule has 0 unspecified atom stereocenters. The zero-order chi connectivity index (χ0) is 14.4. The fraction of sp³-hybridized carbons (Fsp3) is 0.562. The standard InChI is InChI=1S/C16H24N2O2/c1-2-18(15-6-4-3-5-7-15)16(20)13-17(10-11-19)12-14-8-9-14/h3-7,14,19H,2,8-13H2,1H3. The Hall–Kier alpha value is -1.39. The third-order valence-electron chi connectivity index (χ3n) is 3.67. The van der Waals surface area contributed by atoms with Gasteiger partial charge >= 0.3 is 0 Å². The fourth-order valence-electron chi connectivity index (χ4n) is 2.43. The summed E-state index contributed by atoms with van der Waals surface area (Å²) in [4.78, 5) is 16.3. The van der Waals surface area contributed by atoms with Crippen molar-refractivity contribution in [3.05, 3.63) is 30.3 Å². The number of anilines is 1. The molecule has 0 atom stereocenters. The molecule has 1 amide bonds. The van der Waals surface area contributed by atoms with Crippen LogP contribution in [0.5, 0.6) is 0 Å². The predicted octanol–water partition coefficient (Wildman–Crippen LogP) is 1.74. The highest BCUT2D eigenvalue weighted by Gasteiger charge is 2.26. The number of likely N-dealkylation sites (N-methyl/N-ethyl adjacent to an activating group) is 1. The smallest absolute Gasteiger partial charge is 0.241 e. The summed E-state index contributed by atoms with van der Waals surface area (Å²) in [5.74, 6) is 0.828. The Morgan fingerprint density at radius 1 is 1.30 bits per heavy atom. The minimum Gasteiger partial charge on any atom is -0.395 e. The summed E-state index contributed by atoms with van der Waals surface area (Å²) < 4.78 is 0. The molecule has 1 aromatic rings. The molecule has 4 nitrogen and oxygen atoms in total. The van der Waals surface area contributed by atoms with Crippen molar-refractivity contribution in [3.63, 3.8) is 0 Å². The number of aliphatic hydroxyl groups is 1. The molecule has 110 valence electrons. The van der Waals surface area contributed by atoms with Gasteiger partial charge in [0.15, 0.2) is 0 Å². The molecule has 0 bridgehead atoms. The second-order valence-electron chi connectivity index (χ2n) is 5.38. The van der Waals surface area contributed by atoms with Crippen molar-refractivity contribution in [2.75, 3.05) is 37.7 Å². The molecule has 1 aromatic carbocycles. The first-order valence-electron chi connectivity index (χ1n) is 7.43. The van der Waals surface area contributed by atoms with E-state index in [1.165, 1.54) is 12.8 Å². The molecule has 1 fully saturated rings. The van der Waals surface area contributed by atoms with E-state index in [1.807, 2.05) is 37.3 Å². The fourth-order valence-corrected chi connectivity index (χ4v) is 2.43. The van der Waals surface area contributed by atoms with Crippen LogP contribution in [-0.4, -0.2) is 48.7 Å². The van der Waals surface area contributed by atoms with Crippen molar-refractivity contribution < 1.29 is 9.90 Å². The van der Waals surface area contributed by atoms with Crippen LogP contribution >= 0.6 is 0 Å². The van der Waals surface area contributed by atoms with Crippen LogP contribution in [0.2, 0.25) is 0 Å². The van der Waals surface area contributed by atoms with Crippen LogP contribution < -0.4 is 4.90 Å². The number of amides is 1. The summed E-state index contributed by atoms with van der Waals surface area (Å²) in [7, 11) is 0. The van der Waals surface area contributed by atoms with Crippen molar-refractivity contribution in [1.29, 1.82) is 0 Å².